The standard InChI is InChI=1S/C13H21N3O3S/c1-13(2,10(17)18)7-3-4-8-20-12-15-14-11(19)16(12)9-5-6-9/h9H,3-8H2,1-2H3,(H,14,19)(H,17,18). The van der Waals surface area contributed by atoms with Crippen molar-refractivity contribution in [3.63, 3.8) is 0 Å². The molecule has 0 radical (unpaired) electrons. The van der Waals surface area contributed by atoms with E-state index < -0.39 is 11.4 Å². The molecule has 0 amide bonds. The first-order valence-electron chi connectivity index (χ1n) is 6.95. The molecule has 0 spiro atoms. The molecule has 1 fully saturated rings. The van der Waals surface area contributed by atoms with Crippen LogP contribution in [0.25, 0.3) is 0 Å². The molecule has 2 N–H and O–H groups in total. The number of nitrogens with zero attached hydrogens (tertiary/aromatic N) is 2. The van der Waals surface area contributed by atoms with Gasteiger partial charge in [0.05, 0.1) is 5.41 Å². The number of aliphatic carboxylic acids is 1. The Bertz CT molecular complexity index is 531. The highest BCUT2D eigenvalue weighted by Crippen LogP contribution is 2.36. The molecule has 1 aliphatic carbocycles. The Labute approximate surface area is 122 Å². The lowest BCUT2D eigenvalue weighted by Gasteiger charge is -2.18. The van der Waals surface area contributed by atoms with Gasteiger partial charge >= 0.3 is 11.7 Å². The van der Waals surface area contributed by atoms with Gasteiger partial charge in [0.25, 0.3) is 0 Å². The molecule has 0 aromatic carbocycles. The van der Waals surface area contributed by atoms with Gasteiger partial charge in [-0.05, 0) is 39.5 Å². The van der Waals surface area contributed by atoms with E-state index in [0.29, 0.717) is 12.5 Å². The number of unbranched alkanes of at least 4 members (excludes halogenated alkanes) is 1. The summed E-state index contributed by atoms with van der Waals surface area (Å²) in [5.74, 6) is 0.104. The molecule has 112 valence electrons. The number of thioether (sulfide) groups is 1. The summed E-state index contributed by atoms with van der Waals surface area (Å²) in [7, 11) is 0. The van der Waals surface area contributed by atoms with E-state index in [0.717, 1.165) is 36.6 Å². The van der Waals surface area contributed by atoms with Crippen molar-refractivity contribution in [3.8, 4) is 0 Å². The second-order valence-corrected chi connectivity index (χ2v) is 6.97. The Morgan fingerprint density at radius 3 is 2.80 bits per heavy atom. The average Bonchev–Trinajstić information content (AvgIpc) is 3.13. The highest BCUT2D eigenvalue weighted by Gasteiger charge is 2.28. The number of nitrogens with one attached hydrogen (secondary N) is 1. The average molecular weight is 299 g/mol. The normalized spacial score (nSPS) is 15.5. The first-order chi connectivity index (χ1) is 9.42. The minimum absolute atomic E-state index is 0.123. The molecule has 1 heterocycles. The van der Waals surface area contributed by atoms with E-state index in [1.54, 1.807) is 30.2 Å². The van der Waals surface area contributed by atoms with Gasteiger partial charge in [0.15, 0.2) is 5.16 Å². The van der Waals surface area contributed by atoms with Crippen molar-refractivity contribution in [2.24, 2.45) is 5.41 Å². The van der Waals surface area contributed by atoms with Crippen molar-refractivity contribution in [1.29, 1.82) is 0 Å². The molecule has 20 heavy (non-hydrogen) atoms. The smallest absolute Gasteiger partial charge is 0.344 e. The summed E-state index contributed by atoms with van der Waals surface area (Å²) in [6.07, 6.45) is 4.57. The van der Waals surface area contributed by atoms with E-state index in [-0.39, 0.29) is 5.69 Å². The monoisotopic (exact) mass is 299 g/mol. The van der Waals surface area contributed by atoms with E-state index in [1.165, 1.54) is 0 Å². The van der Waals surface area contributed by atoms with Crippen molar-refractivity contribution in [3.05, 3.63) is 10.5 Å². The third-order valence-electron chi connectivity index (χ3n) is 3.59. The minimum atomic E-state index is -0.750. The van der Waals surface area contributed by atoms with Gasteiger partial charge in [0.2, 0.25) is 0 Å². The molecular weight excluding hydrogens is 278 g/mol. The fraction of sp³-hybridized carbons (Fsp3) is 0.769. The topological polar surface area (TPSA) is 88.0 Å². The van der Waals surface area contributed by atoms with Crippen LogP contribution < -0.4 is 5.69 Å². The molecule has 1 aromatic rings. The van der Waals surface area contributed by atoms with Crippen molar-refractivity contribution >= 4 is 17.7 Å². The number of rotatable bonds is 8. The zero-order valence-corrected chi connectivity index (χ0v) is 12.7. The van der Waals surface area contributed by atoms with Crippen molar-refractivity contribution in [1.82, 2.24) is 14.8 Å². The third-order valence-corrected chi connectivity index (χ3v) is 4.63. The molecular formula is C13H21N3O3S. The Balaban J connectivity index is 1.74. The Hall–Kier alpha value is -1.24. The van der Waals surface area contributed by atoms with Gasteiger partial charge in [0, 0.05) is 11.8 Å². The highest BCUT2D eigenvalue weighted by molar-refractivity contribution is 7.99. The van der Waals surface area contributed by atoms with E-state index in [2.05, 4.69) is 10.2 Å². The number of H-pyrrole nitrogens is 1. The van der Waals surface area contributed by atoms with Crippen LogP contribution in [0.4, 0.5) is 0 Å². The van der Waals surface area contributed by atoms with Crippen LogP contribution in [-0.2, 0) is 4.79 Å². The van der Waals surface area contributed by atoms with Gasteiger partial charge in [-0.25, -0.2) is 9.89 Å². The fourth-order valence-electron chi connectivity index (χ4n) is 1.99. The first-order valence-corrected chi connectivity index (χ1v) is 7.93. The van der Waals surface area contributed by atoms with Crippen molar-refractivity contribution in [2.75, 3.05) is 5.75 Å². The van der Waals surface area contributed by atoms with Gasteiger partial charge in [-0.2, -0.15) is 0 Å². The third kappa shape index (κ3) is 3.65. The fourth-order valence-corrected chi connectivity index (χ4v) is 3.00. The summed E-state index contributed by atoms with van der Waals surface area (Å²) >= 11 is 1.57. The molecule has 0 aliphatic heterocycles. The van der Waals surface area contributed by atoms with Crippen LogP contribution in [0.15, 0.2) is 9.95 Å². The van der Waals surface area contributed by atoms with E-state index >= 15 is 0 Å². The SMILES string of the molecule is CC(C)(CCCCSc1n[nH]c(=O)n1C1CC1)C(=O)O. The zero-order chi connectivity index (χ0) is 14.8. The second-order valence-electron chi connectivity index (χ2n) is 5.91. The number of carbonyl (C=O) groups is 1. The molecule has 6 nitrogen and oxygen atoms in total. The number of aromatic amines is 1. The maximum Gasteiger partial charge on any atom is 0.344 e. The number of hydrogen-bond donors (Lipinski definition) is 2. The van der Waals surface area contributed by atoms with Crippen LogP contribution in [0, 0.1) is 5.41 Å². The summed E-state index contributed by atoms with van der Waals surface area (Å²) in [5.41, 5.74) is -0.783. The summed E-state index contributed by atoms with van der Waals surface area (Å²) in [6.45, 7) is 3.50. The van der Waals surface area contributed by atoms with Crippen molar-refractivity contribution < 1.29 is 9.90 Å². The van der Waals surface area contributed by atoms with Gasteiger partial charge < -0.3 is 5.11 Å². The van der Waals surface area contributed by atoms with Crippen LogP contribution in [0.3, 0.4) is 0 Å². The second kappa shape index (κ2) is 6.03. The lowest BCUT2D eigenvalue weighted by Crippen LogP contribution is -2.23. The highest BCUT2D eigenvalue weighted by atomic mass is 32.2. The van der Waals surface area contributed by atoms with Crippen LogP contribution >= 0.6 is 11.8 Å². The van der Waals surface area contributed by atoms with E-state index in [9.17, 15) is 9.59 Å². The summed E-state index contributed by atoms with van der Waals surface area (Å²) < 4.78 is 1.74. The number of aromatic nitrogens is 3. The molecule has 1 aliphatic rings. The summed E-state index contributed by atoms with van der Waals surface area (Å²) in [5, 5.41) is 16.3. The lowest BCUT2D eigenvalue weighted by atomic mass is 9.88. The van der Waals surface area contributed by atoms with Crippen LogP contribution in [0.1, 0.15) is 52.0 Å². The predicted molar refractivity (Wildman–Crippen MR) is 77.1 cm³/mol. The van der Waals surface area contributed by atoms with Gasteiger partial charge in [-0.15, -0.1) is 5.10 Å². The number of carboxylic acid groups (broad SMARTS) is 1. The van der Waals surface area contributed by atoms with Crippen LogP contribution in [-0.4, -0.2) is 31.6 Å². The number of carboxylic acids is 1. The molecule has 7 heteroatoms. The maximum atomic E-state index is 11.6. The minimum Gasteiger partial charge on any atom is -0.481 e. The van der Waals surface area contributed by atoms with Crippen LogP contribution in [0.5, 0.6) is 0 Å². The Morgan fingerprint density at radius 1 is 1.50 bits per heavy atom. The molecule has 1 aromatic heterocycles. The van der Waals surface area contributed by atoms with Crippen LogP contribution in [0.2, 0.25) is 0 Å². The quantitative estimate of drug-likeness (QED) is 0.568. The summed E-state index contributed by atoms with van der Waals surface area (Å²) in [4.78, 5) is 22.6. The Morgan fingerprint density at radius 2 is 2.20 bits per heavy atom. The van der Waals surface area contributed by atoms with Gasteiger partial charge in [0.1, 0.15) is 0 Å². The maximum absolute atomic E-state index is 11.6. The van der Waals surface area contributed by atoms with E-state index in [1.807, 2.05) is 0 Å². The molecule has 0 saturated heterocycles. The lowest BCUT2D eigenvalue weighted by molar-refractivity contribution is -0.147. The van der Waals surface area contributed by atoms with E-state index in [4.69, 9.17) is 5.11 Å². The van der Waals surface area contributed by atoms with Gasteiger partial charge in [-0.3, -0.25) is 9.36 Å². The first kappa shape index (κ1) is 15.2. The predicted octanol–water partition coefficient (Wildman–Crippen LogP) is 2.28. The molecule has 0 unspecified atom stereocenters. The largest absolute Gasteiger partial charge is 0.481 e. The molecule has 1 saturated carbocycles. The summed E-state index contributed by atoms with van der Waals surface area (Å²) in [6, 6.07) is 0.328. The Kier molecular flexibility index (Phi) is 4.57. The molecule has 0 bridgehead atoms. The van der Waals surface area contributed by atoms with Crippen molar-refractivity contribution in [2.45, 2.75) is 57.1 Å². The molecule has 2 rings (SSSR count). The zero-order valence-electron chi connectivity index (χ0n) is 11.9. The number of hydrogen-bond acceptors (Lipinski definition) is 4. The van der Waals surface area contributed by atoms with Gasteiger partial charge in [-0.1, -0.05) is 18.2 Å². The molecule has 0 atom stereocenters.